The molecule has 1 heterocycles. The molecule has 0 unspecified atom stereocenters. The third kappa shape index (κ3) is 6.70. The van der Waals surface area contributed by atoms with E-state index in [2.05, 4.69) is 12.2 Å². The topological polar surface area (TPSA) is 94.8 Å². The van der Waals surface area contributed by atoms with Gasteiger partial charge in [-0.3, -0.25) is 9.59 Å². The van der Waals surface area contributed by atoms with Gasteiger partial charge in [0.15, 0.2) is 11.0 Å². The Morgan fingerprint density at radius 3 is 2.41 bits per heavy atom. The van der Waals surface area contributed by atoms with Crippen molar-refractivity contribution in [3.8, 4) is 5.75 Å². The van der Waals surface area contributed by atoms with Gasteiger partial charge in [0.1, 0.15) is 5.75 Å². The third-order valence-electron chi connectivity index (χ3n) is 5.36. The number of nitrogens with one attached hydrogen (secondary N) is 1. The van der Waals surface area contributed by atoms with Crippen LogP contribution < -0.4 is 15.5 Å². The van der Waals surface area contributed by atoms with E-state index >= 15 is 0 Å². The van der Waals surface area contributed by atoms with Crippen LogP contribution in [0, 0.1) is 0 Å². The normalized spacial score (nSPS) is 10.8. The highest BCUT2D eigenvalue weighted by Crippen LogP contribution is 2.24. The summed E-state index contributed by atoms with van der Waals surface area (Å²) in [6.07, 6.45) is 7.17. The molecular formula is C27H31NO6. The number of fused-ring (bicyclic) bond motifs is 1. The smallest absolute Gasteiger partial charge is 0.374 e. The van der Waals surface area contributed by atoms with Crippen LogP contribution in [0.1, 0.15) is 73.3 Å². The summed E-state index contributed by atoms with van der Waals surface area (Å²) in [5, 5.41) is 3.01. The quantitative estimate of drug-likeness (QED) is 0.262. The highest BCUT2D eigenvalue weighted by atomic mass is 16.5. The van der Waals surface area contributed by atoms with Crippen LogP contribution in [-0.4, -0.2) is 25.1 Å². The number of rotatable bonds is 12. The average molecular weight is 466 g/mol. The standard InChI is InChI=1S/C27H31NO6/c1-3-5-6-7-8-9-17-33-20-15-13-19(14-16-20)26(30)28-22-12-10-11-21-23(29)18-24(34-25(21)22)27(31)32-4-2/h10-16,18H,3-9,17H2,1-2H3,(H,28,30). The fourth-order valence-corrected chi connectivity index (χ4v) is 3.55. The molecule has 180 valence electrons. The molecule has 1 amide bonds. The Morgan fingerprint density at radius 1 is 0.941 bits per heavy atom. The molecule has 0 radical (unpaired) electrons. The van der Waals surface area contributed by atoms with Crippen LogP contribution in [0.2, 0.25) is 0 Å². The van der Waals surface area contributed by atoms with Gasteiger partial charge in [-0.05, 0) is 49.7 Å². The molecule has 3 rings (SSSR count). The van der Waals surface area contributed by atoms with Crippen molar-refractivity contribution in [3.63, 3.8) is 0 Å². The molecule has 0 saturated carbocycles. The highest BCUT2D eigenvalue weighted by Gasteiger charge is 2.17. The second-order valence-corrected chi connectivity index (χ2v) is 7.97. The lowest BCUT2D eigenvalue weighted by Gasteiger charge is -2.10. The molecule has 7 heteroatoms. The largest absolute Gasteiger partial charge is 0.494 e. The van der Waals surface area contributed by atoms with Gasteiger partial charge in [-0.1, -0.05) is 45.1 Å². The van der Waals surface area contributed by atoms with E-state index in [-0.39, 0.29) is 34.9 Å². The van der Waals surface area contributed by atoms with E-state index in [9.17, 15) is 14.4 Å². The summed E-state index contributed by atoms with van der Waals surface area (Å²) < 4.78 is 16.3. The Hall–Kier alpha value is -3.61. The van der Waals surface area contributed by atoms with Gasteiger partial charge < -0.3 is 19.2 Å². The van der Waals surface area contributed by atoms with Gasteiger partial charge in [-0.25, -0.2) is 4.79 Å². The molecule has 0 atom stereocenters. The van der Waals surface area contributed by atoms with Gasteiger partial charge in [-0.2, -0.15) is 0 Å². The minimum atomic E-state index is -0.737. The number of esters is 1. The van der Waals surface area contributed by atoms with Gasteiger partial charge in [0.25, 0.3) is 5.91 Å². The predicted molar refractivity (Wildman–Crippen MR) is 132 cm³/mol. The summed E-state index contributed by atoms with van der Waals surface area (Å²) in [4.78, 5) is 37.3. The summed E-state index contributed by atoms with van der Waals surface area (Å²) in [5.41, 5.74) is 0.430. The van der Waals surface area contributed by atoms with Gasteiger partial charge in [0, 0.05) is 11.6 Å². The molecule has 0 saturated heterocycles. The number of carbonyl (C=O) groups excluding carboxylic acids is 2. The summed E-state index contributed by atoms with van der Waals surface area (Å²) in [6.45, 7) is 4.66. The molecule has 3 aromatic rings. The van der Waals surface area contributed by atoms with Gasteiger partial charge in [-0.15, -0.1) is 0 Å². The summed E-state index contributed by atoms with van der Waals surface area (Å²) >= 11 is 0. The first-order valence-electron chi connectivity index (χ1n) is 11.8. The maximum absolute atomic E-state index is 12.8. The summed E-state index contributed by atoms with van der Waals surface area (Å²) in [7, 11) is 0. The number of para-hydroxylation sites is 1. The predicted octanol–water partition coefficient (Wildman–Crippen LogP) is 5.96. The van der Waals surface area contributed by atoms with Crippen molar-refractivity contribution in [2.75, 3.05) is 18.5 Å². The van der Waals surface area contributed by atoms with Crippen LogP contribution in [-0.2, 0) is 4.74 Å². The van der Waals surface area contributed by atoms with Crippen molar-refractivity contribution in [2.24, 2.45) is 0 Å². The number of carbonyl (C=O) groups is 2. The van der Waals surface area contributed by atoms with E-state index in [1.165, 1.54) is 25.7 Å². The van der Waals surface area contributed by atoms with Crippen molar-refractivity contribution in [3.05, 3.63) is 70.1 Å². The van der Waals surface area contributed by atoms with Gasteiger partial charge in [0.05, 0.1) is 24.3 Å². The van der Waals surface area contributed by atoms with E-state index in [4.69, 9.17) is 13.9 Å². The van der Waals surface area contributed by atoms with E-state index in [0.717, 1.165) is 18.9 Å². The minimum absolute atomic E-state index is 0.116. The molecule has 0 bridgehead atoms. The van der Waals surface area contributed by atoms with Crippen LogP contribution in [0.4, 0.5) is 5.69 Å². The van der Waals surface area contributed by atoms with E-state index in [1.54, 1.807) is 49.4 Å². The lowest BCUT2D eigenvalue weighted by Crippen LogP contribution is -2.14. The van der Waals surface area contributed by atoms with Crippen LogP contribution >= 0.6 is 0 Å². The molecule has 34 heavy (non-hydrogen) atoms. The van der Waals surface area contributed by atoms with E-state index in [1.807, 2.05) is 0 Å². The zero-order chi connectivity index (χ0) is 24.3. The molecule has 0 aliphatic heterocycles. The number of anilines is 1. The third-order valence-corrected chi connectivity index (χ3v) is 5.36. The lowest BCUT2D eigenvalue weighted by molar-refractivity contribution is 0.0490. The van der Waals surface area contributed by atoms with Gasteiger partial charge >= 0.3 is 5.97 Å². The number of hydrogen-bond donors (Lipinski definition) is 1. The van der Waals surface area contributed by atoms with E-state index in [0.29, 0.717) is 17.9 Å². The van der Waals surface area contributed by atoms with E-state index < -0.39 is 11.4 Å². The Labute approximate surface area is 199 Å². The Morgan fingerprint density at radius 2 is 1.68 bits per heavy atom. The molecule has 2 aromatic carbocycles. The molecule has 0 spiro atoms. The second-order valence-electron chi connectivity index (χ2n) is 7.97. The Balaban J connectivity index is 1.65. The maximum atomic E-state index is 12.8. The molecule has 0 aliphatic carbocycles. The lowest BCUT2D eigenvalue weighted by atomic mass is 10.1. The van der Waals surface area contributed by atoms with Crippen molar-refractivity contribution in [1.82, 2.24) is 0 Å². The molecule has 1 N–H and O–H groups in total. The summed E-state index contributed by atoms with van der Waals surface area (Å²) in [6, 6.07) is 12.8. The van der Waals surface area contributed by atoms with Crippen LogP contribution in [0.15, 0.2) is 57.7 Å². The molecule has 0 fully saturated rings. The number of amides is 1. The van der Waals surface area contributed by atoms with Gasteiger partial charge in [0.2, 0.25) is 5.76 Å². The van der Waals surface area contributed by atoms with Crippen LogP contribution in [0.3, 0.4) is 0 Å². The zero-order valence-electron chi connectivity index (χ0n) is 19.7. The number of benzene rings is 2. The van der Waals surface area contributed by atoms with Crippen LogP contribution in [0.25, 0.3) is 11.0 Å². The molecule has 7 nitrogen and oxygen atoms in total. The van der Waals surface area contributed by atoms with Crippen molar-refractivity contribution < 1.29 is 23.5 Å². The summed E-state index contributed by atoms with van der Waals surface area (Å²) in [5.74, 6) is -0.619. The number of unbranched alkanes of at least 4 members (excludes halogenated alkanes) is 5. The zero-order valence-corrected chi connectivity index (χ0v) is 19.7. The fourth-order valence-electron chi connectivity index (χ4n) is 3.55. The monoisotopic (exact) mass is 465 g/mol. The SMILES string of the molecule is CCCCCCCCOc1ccc(C(=O)Nc2cccc3c(=O)cc(C(=O)OCC)oc23)cc1. The molecule has 0 aliphatic rings. The molecule has 1 aromatic heterocycles. The Bertz CT molecular complexity index is 1170. The first-order valence-corrected chi connectivity index (χ1v) is 11.8. The Kier molecular flexibility index (Phi) is 9.26. The number of ether oxygens (including phenoxy) is 2. The van der Waals surface area contributed by atoms with Crippen molar-refractivity contribution in [2.45, 2.75) is 52.4 Å². The second kappa shape index (κ2) is 12.6. The minimum Gasteiger partial charge on any atom is -0.494 e. The van der Waals surface area contributed by atoms with Crippen molar-refractivity contribution in [1.29, 1.82) is 0 Å². The average Bonchev–Trinajstić information content (AvgIpc) is 2.84. The highest BCUT2D eigenvalue weighted by molar-refractivity contribution is 6.08. The van der Waals surface area contributed by atoms with Crippen molar-refractivity contribution >= 4 is 28.5 Å². The molecular weight excluding hydrogens is 434 g/mol. The first-order chi connectivity index (χ1) is 16.5. The van der Waals surface area contributed by atoms with Crippen LogP contribution in [0.5, 0.6) is 5.75 Å². The first kappa shape index (κ1) is 25.0. The number of hydrogen-bond acceptors (Lipinski definition) is 6. The fraction of sp³-hybridized carbons (Fsp3) is 0.370. The maximum Gasteiger partial charge on any atom is 0.374 e.